The van der Waals surface area contributed by atoms with Crippen molar-refractivity contribution in [2.24, 2.45) is 0 Å². The van der Waals surface area contributed by atoms with Crippen molar-refractivity contribution >= 4 is 33.4 Å². The Morgan fingerprint density at radius 2 is 1.97 bits per heavy atom. The molecule has 0 bridgehead atoms. The average Bonchev–Trinajstić information content (AvgIpc) is 2.67. The number of nitrogens with one attached hydrogen (secondary N) is 1. The van der Waals surface area contributed by atoms with Gasteiger partial charge in [-0.05, 0) is 43.5 Å². The lowest BCUT2D eigenvalue weighted by Crippen LogP contribution is -2.25. The minimum absolute atomic E-state index is 0.0620. The third-order valence-electron chi connectivity index (χ3n) is 4.05. The Morgan fingerprint density at radius 1 is 1.21 bits per heavy atom. The van der Waals surface area contributed by atoms with Crippen molar-refractivity contribution in [2.75, 3.05) is 13.2 Å². The molecule has 0 aliphatic heterocycles. The van der Waals surface area contributed by atoms with Gasteiger partial charge in [-0.1, -0.05) is 17.7 Å². The summed E-state index contributed by atoms with van der Waals surface area (Å²) in [7, 11) is -3.72. The lowest BCUT2D eigenvalue weighted by molar-refractivity contribution is -0.143. The Bertz CT molecular complexity index is 995. The van der Waals surface area contributed by atoms with Gasteiger partial charge in [-0.2, -0.15) is 0 Å². The Labute approximate surface area is 174 Å². The Balaban J connectivity index is 2.00. The molecule has 1 aromatic heterocycles. The van der Waals surface area contributed by atoms with E-state index in [1.54, 1.807) is 19.9 Å². The van der Waals surface area contributed by atoms with Crippen molar-refractivity contribution in [3.05, 3.63) is 52.6 Å². The number of hydrogen-bond donors (Lipinski definition) is 1. The number of hydrogen-bond acceptors (Lipinski definition) is 7. The number of nitrogens with zero attached hydrogens (tertiary/aromatic N) is 2. The number of aromatic nitrogens is 2. The van der Waals surface area contributed by atoms with Crippen LogP contribution in [0.2, 0.25) is 5.15 Å². The van der Waals surface area contributed by atoms with E-state index in [4.69, 9.17) is 16.3 Å². The number of Topliss-reactive ketones (excluding diaryl/α,β-unsaturated/α-hetero) is 1. The van der Waals surface area contributed by atoms with Crippen LogP contribution in [0.4, 0.5) is 0 Å². The van der Waals surface area contributed by atoms with E-state index in [0.29, 0.717) is 24.2 Å². The second-order valence-electron chi connectivity index (χ2n) is 6.22. The van der Waals surface area contributed by atoms with Crippen LogP contribution in [0, 0.1) is 6.92 Å². The lowest BCUT2D eigenvalue weighted by atomic mass is 10.0. The van der Waals surface area contributed by atoms with Crippen LogP contribution in [0.15, 0.2) is 35.5 Å². The highest BCUT2D eigenvalue weighted by atomic mass is 35.5. The Hall–Kier alpha value is -2.36. The number of ether oxygens (including phenoxy) is 1. The summed E-state index contributed by atoms with van der Waals surface area (Å²) in [6.45, 7) is 3.86. The summed E-state index contributed by atoms with van der Waals surface area (Å²) in [6, 6.07) is 5.93. The number of rotatable bonds is 10. The standard InChI is InChI=1S/C19H22ClN3O5S/c1-3-28-19(25)5-4-8-23-29(26,27)15-7-6-14(13(2)9-15)10-17(24)16-11-18(20)22-12-21-16/h6-7,9,11-12,23H,3-5,8,10H2,1-2H3. The number of ketones is 1. The van der Waals surface area contributed by atoms with Crippen molar-refractivity contribution in [3.63, 3.8) is 0 Å². The van der Waals surface area contributed by atoms with Crippen molar-refractivity contribution in [3.8, 4) is 0 Å². The van der Waals surface area contributed by atoms with Gasteiger partial charge in [0.15, 0.2) is 5.78 Å². The molecule has 0 fully saturated rings. The third-order valence-corrected chi connectivity index (χ3v) is 5.72. The highest BCUT2D eigenvalue weighted by molar-refractivity contribution is 7.89. The number of sulfonamides is 1. The van der Waals surface area contributed by atoms with Gasteiger partial charge in [0.2, 0.25) is 10.0 Å². The molecule has 0 radical (unpaired) electrons. The summed E-state index contributed by atoms with van der Waals surface area (Å²) < 4.78 is 32.1. The van der Waals surface area contributed by atoms with E-state index in [9.17, 15) is 18.0 Å². The molecule has 2 rings (SSSR count). The summed E-state index contributed by atoms with van der Waals surface area (Å²) in [6.07, 6.45) is 1.76. The SMILES string of the molecule is CCOC(=O)CCCNS(=O)(=O)c1ccc(CC(=O)c2cc(Cl)ncn2)c(C)c1. The monoisotopic (exact) mass is 439 g/mol. The molecule has 0 aliphatic carbocycles. The molecule has 0 aliphatic rings. The van der Waals surface area contributed by atoms with E-state index in [1.165, 1.54) is 24.5 Å². The van der Waals surface area contributed by atoms with E-state index in [0.717, 1.165) is 0 Å². The molecule has 2 aromatic rings. The number of halogens is 1. The van der Waals surface area contributed by atoms with Gasteiger partial charge >= 0.3 is 5.97 Å². The highest BCUT2D eigenvalue weighted by Crippen LogP contribution is 2.18. The predicted molar refractivity (Wildman–Crippen MR) is 107 cm³/mol. The molecule has 0 unspecified atom stereocenters. The zero-order chi connectivity index (χ0) is 21.4. The smallest absolute Gasteiger partial charge is 0.305 e. The highest BCUT2D eigenvalue weighted by Gasteiger charge is 2.17. The van der Waals surface area contributed by atoms with E-state index < -0.39 is 10.0 Å². The fourth-order valence-electron chi connectivity index (χ4n) is 2.54. The van der Waals surface area contributed by atoms with E-state index >= 15 is 0 Å². The molecule has 1 heterocycles. The number of esters is 1. The van der Waals surface area contributed by atoms with E-state index in [1.807, 2.05) is 0 Å². The van der Waals surface area contributed by atoms with Crippen LogP contribution in [0.1, 0.15) is 41.4 Å². The van der Waals surface area contributed by atoms with Gasteiger partial charge in [0.05, 0.1) is 11.5 Å². The largest absolute Gasteiger partial charge is 0.466 e. The van der Waals surface area contributed by atoms with Crippen molar-refractivity contribution in [1.29, 1.82) is 0 Å². The van der Waals surface area contributed by atoms with Crippen LogP contribution >= 0.6 is 11.6 Å². The molecule has 8 nitrogen and oxygen atoms in total. The molecule has 1 N–H and O–H groups in total. The molecule has 1 aromatic carbocycles. The van der Waals surface area contributed by atoms with Crippen LogP contribution in [0.5, 0.6) is 0 Å². The first-order valence-electron chi connectivity index (χ1n) is 8.98. The summed E-state index contributed by atoms with van der Waals surface area (Å²) in [4.78, 5) is 31.4. The van der Waals surface area contributed by atoms with E-state index in [-0.39, 0.29) is 46.9 Å². The minimum Gasteiger partial charge on any atom is -0.466 e. The molecular formula is C19H22ClN3O5S. The van der Waals surface area contributed by atoms with Crippen LogP contribution in [0.3, 0.4) is 0 Å². The second-order valence-corrected chi connectivity index (χ2v) is 8.37. The quantitative estimate of drug-likeness (QED) is 0.261. The number of carbonyl (C=O) groups excluding carboxylic acids is 2. The summed E-state index contributed by atoms with van der Waals surface area (Å²) in [5.41, 5.74) is 1.54. The third kappa shape index (κ3) is 6.88. The number of aryl methyl sites for hydroxylation is 1. The molecule has 156 valence electrons. The summed E-state index contributed by atoms with van der Waals surface area (Å²) in [5.74, 6) is -0.605. The van der Waals surface area contributed by atoms with Crippen LogP contribution in [0.25, 0.3) is 0 Å². The zero-order valence-corrected chi connectivity index (χ0v) is 17.7. The van der Waals surface area contributed by atoms with Crippen molar-refractivity contribution in [2.45, 2.75) is 38.0 Å². The number of benzene rings is 1. The molecular weight excluding hydrogens is 418 g/mol. The molecule has 10 heteroatoms. The maximum absolute atomic E-state index is 12.4. The summed E-state index contributed by atoms with van der Waals surface area (Å²) >= 11 is 5.78. The van der Waals surface area contributed by atoms with Crippen LogP contribution in [-0.2, 0) is 26.0 Å². The normalized spacial score (nSPS) is 11.3. The maximum atomic E-state index is 12.4. The molecule has 29 heavy (non-hydrogen) atoms. The topological polar surface area (TPSA) is 115 Å². The summed E-state index contributed by atoms with van der Waals surface area (Å²) in [5, 5.41) is 0.176. The predicted octanol–water partition coefficient (Wildman–Crippen LogP) is 2.49. The Kier molecular flexibility index (Phi) is 8.24. The van der Waals surface area contributed by atoms with Crippen molar-refractivity contribution in [1.82, 2.24) is 14.7 Å². The average molecular weight is 440 g/mol. The first-order valence-corrected chi connectivity index (χ1v) is 10.8. The van der Waals surface area contributed by atoms with Gasteiger partial charge in [0, 0.05) is 25.5 Å². The first-order chi connectivity index (χ1) is 13.7. The molecule has 0 amide bonds. The first kappa shape index (κ1) is 22.9. The van der Waals surface area contributed by atoms with Gasteiger partial charge in [-0.3, -0.25) is 9.59 Å². The van der Waals surface area contributed by atoms with Gasteiger partial charge in [0.1, 0.15) is 17.2 Å². The van der Waals surface area contributed by atoms with E-state index in [2.05, 4.69) is 14.7 Å². The van der Waals surface area contributed by atoms with Gasteiger partial charge in [-0.15, -0.1) is 0 Å². The second kappa shape index (κ2) is 10.4. The molecule has 0 spiro atoms. The molecule has 0 saturated carbocycles. The Morgan fingerprint density at radius 3 is 2.62 bits per heavy atom. The fourth-order valence-corrected chi connectivity index (χ4v) is 3.85. The van der Waals surface area contributed by atoms with Crippen LogP contribution in [-0.4, -0.2) is 43.3 Å². The fraction of sp³-hybridized carbons (Fsp3) is 0.368. The van der Waals surface area contributed by atoms with Gasteiger partial charge in [0.25, 0.3) is 0 Å². The molecule has 0 saturated heterocycles. The molecule has 0 atom stereocenters. The van der Waals surface area contributed by atoms with Gasteiger partial charge < -0.3 is 4.74 Å². The zero-order valence-electron chi connectivity index (χ0n) is 16.1. The lowest BCUT2D eigenvalue weighted by Gasteiger charge is -2.10. The van der Waals surface area contributed by atoms with Crippen molar-refractivity contribution < 1.29 is 22.7 Å². The van der Waals surface area contributed by atoms with Crippen LogP contribution < -0.4 is 4.72 Å². The maximum Gasteiger partial charge on any atom is 0.305 e. The minimum atomic E-state index is -3.72. The number of carbonyl (C=O) groups is 2. The van der Waals surface area contributed by atoms with Gasteiger partial charge in [-0.25, -0.2) is 23.1 Å².